The molecule has 6 nitrogen and oxygen atoms in total. The van der Waals surface area contributed by atoms with E-state index in [0.717, 1.165) is 4.90 Å². The Morgan fingerprint density at radius 2 is 2.00 bits per heavy atom. The predicted molar refractivity (Wildman–Crippen MR) is 69.3 cm³/mol. The maximum absolute atomic E-state index is 11.8. The summed E-state index contributed by atoms with van der Waals surface area (Å²) < 4.78 is 5.18. The lowest BCUT2D eigenvalue weighted by Gasteiger charge is -2.34. The standard InChI is InChI=1S/C13H20N2O4/c1-5-6-10(16)15-8-7-14(9-11(15)17)12(18)19-13(2,3)4/h5H,1,6-9H2,2-4H3. The van der Waals surface area contributed by atoms with Crippen molar-refractivity contribution in [3.63, 3.8) is 0 Å². The van der Waals surface area contributed by atoms with Crippen molar-refractivity contribution in [2.24, 2.45) is 0 Å². The van der Waals surface area contributed by atoms with E-state index in [2.05, 4.69) is 6.58 Å². The van der Waals surface area contributed by atoms with Crippen LogP contribution in [0.25, 0.3) is 0 Å². The van der Waals surface area contributed by atoms with Crippen LogP contribution in [0.1, 0.15) is 27.2 Å². The fraction of sp³-hybridized carbons (Fsp3) is 0.615. The maximum Gasteiger partial charge on any atom is 0.410 e. The summed E-state index contributed by atoms with van der Waals surface area (Å²) in [5.41, 5.74) is -0.601. The molecule has 0 saturated carbocycles. The molecular formula is C13H20N2O4. The monoisotopic (exact) mass is 268 g/mol. The molecule has 0 aromatic carbocycles. The van der Waals surface area contributed by atoms with Gasteiger partial charge in [0.25, 0.3) is 0 Å². The highest BCUT2D eigenvalue weighted by Gasteiger charge is 2.32. The van der Waals surface area contributed by atoms with Crippen molar-refractivity contribution < 1.29 is 19.1 Å². The summed E-state index contributed by atoms with van der Waals surface area (Å²) in [6.45, 7) is 9.11. The van der Waals surface area contributed by atoms with Crippen LogP contribution >= 0.6 is 0 Å². The minimum Gasteiger partial charge on any atom is -0.444 e. The normalized spacial score (nSPS) is 16.3. The molecule has 1 heterocycles. The van der Waals surface area contributed by atoms with E-state index in [1.165, 1.54) is 11.0 Å². The fourth-order valence-electron chi connectivity index (χ4n) is 1.65. The zero-order valence-electron chi connectivity index (χ0n) is 11.6. The number of hydrogen-bond acceptors (Lipinski definition) is 4. The van der Waals surface area contributed by atoms with Crippen LogP contribution in [0.4, 0.5) is 4.79 Å². The SMILES string of the molecule is C=CCC(=O)N1CCN(C(=O)OC(C)(C)C)CC1=O. The fourth-order valence-corrected chi connectivity index (χ4v) is 1.65. The first-order chi connectivity index (χ1) is 8.74. The largest absolute Gasteiger partial charge is 0.444 e. The molecule has 1 aliphatic rings. The molecule has 6 heteroatoms. The van der Waals surface area contributed by atoms with Gasteiger partial charge in [-0.1, -0.05) is 6.08 Å². The smallest absolute Gasteiger partial charge is 0.410 e. The molecule has 1 saturated heterocycles. The van der Waals surface area contributed by atoms with Gasteiger partial charge in [-0.05, 0) is 20.8 Å². The third-order valence-electron chi connectivity index (χ3n) is 2.49. The van der Waals surface area contributed by atoms with Crippen molar-refractivity contribution in [3.05, 3.63) is 12.7 Å². The quantitative estimate of drug-likeness (QED) is 0.705. The van der Waals surface area contributed by atoms with Crippen molar-refractivity contribution in [1.29, 1.82) is 0 Å². The summed E-state index contributed by atoms with van der Waals surface area (Å²) in [5.74, 6) is -0.673. The summed E-state index contributed by atoms with van der Waals surface area (Å²) in [7, 11) is 0. The van der Waals surface area contributed by atoms with Crippen LogP contribution in [0.2, 0.25) is 0 Å². The van der Waals surface area contributed by atoms with Crippen molar-refractivity contribution in [1.82, 2.24) is 9.80 Å². The number of amides is 3. The van der Waals surface area contributed by atoms with Gasteiger partial charge in [-0.25, -0.2) is 4.79 Å². The number of hydrogen-bond donors (Lipinski definition) is 0. The second-order valence-electron chi connectivity index (χ2n) is 5.33. The van der Waals surface area contributed by atoms with Gasteiger partial charge in [-0.15, -0.1) is 6.58 Å². The van der Waals surface area contributed by atoms with Gasteiger partial charge in [-0.3, -0.25) is 19.4 Å². The Hall–Kier alpha value is -1.85. The van der Waals surface area contributed by atoms with E-state index in [1.54, 1.807) is 20.8 Å². The number of ether oxygens (including phenoxy) is 1. The molecule has 0 radical (unpaired) electrons. The van der Waals surface area contributed by atoms with Crippen molar-refractivity contribution >= 4 is 17.9 Å². The van der Waals surface area contributed by atoms with Crippen molar-refractivity contribution in [3.8, 4) is 0 Å². The first-order valence-corrected chi connectivity index (χ1v) is 6.16. The minimum atomic E-state index is -0.601. The van der Waals surface area contributed by atoms with Crippen molar-refractivity contribution in [2.45, 2.75) is 32.8 Å². The molecule has 19 heavy (non-hydrogen) atoms. The average Bonchev–Trinajstić information content (AvgIpc) is 2.26. The van der Waals surface area contributed by atoms with Crippen LogP contribution < -0.4 is 0 Å². The zero-order valence-corrected chi connectivity index (χ0v) is 11.6. The number of nitrogens with zero attached hydrogens (tertiary/aromatic N) is 2. The molecule has 1 rings (SSSR count). The third kappa shape index (κ3) is 4.39. The molecule has 106 valence electrons. The number of carbonyl (C=O) groups excluding carboxylic acids is 3. The molecule has 0 spiro atoms. The first kappa shape index (κ1) is 15.2. The van der Waals surface area contributed by atoms with Gasteiger partial charge in [0.15, 0.2) is 0 Å². The Bertz CT molecular complexity index is 398. The van der Waals surface area contributed by atoms with Gasteiger partial charge in [0.1, 0.15) is 12.1 Å². The minimum absolute atomic E-state index is 0.123. The lowest BCUT2D eigenvalue weighted by Crippen LogP contribution is -2.54. The average molecular weight is 268 g/mol. The van der Waals surface area contributed by atoms with Crippen LogP contribution in [0.15, 0.2) is 12.7 Å². The molecule has 0 bridgehead atoms. The van der Waals surface area contributed by atoms with Crippen LogP contribution in [0.3, 0.4) is 0 Å². The molecular weight excluding hydrogens is 248 g/mol. The van der Waals surface area contributed by atoms with Crippen LogP contribution in [-0.2, 0) is 14.3 Å². The predicted octanol–water partition coefficient (Wildman–Crippen LogP) is 1.17. The summed E-state index contributed by atoms with van der Waals surface area (Å²) in [4.78, 5) is 37.7. The van der Waals surface area contributed by atoms with E-state index in [-0.39, 0.29) is 31.3 Å². The van der Waals surface area contributed by atoms with E-state index < -0.39 is 11.7 Å². The lowest BCUT2D eigenvalue weighted by atomic mass is 10.2. The Kier molecular flexibility index (Phi) is 4.69. The molecule has 1 fully saturated rings. The topological polar surface area (TPSA) is 66.9 Å². The second kappa shape index (κ2) is 5.86. The van der Waals surface area contributed by atoms with E-state index >= 15 is 0 Å². The second-order valence-corrected chi connectivity index (χ2v) is 5.33. The summed E-state index contributed by atoms with van der Waals surface area (Å²) in [6, 6.07) is 0. The van der Waals surface area contributed by atoms with E-state index in [1.807, 2.05) is 0 Å². The number of carbonyl (C=O) groups is 3. The van der Waals surface area contributed by atoms with Crippen LogP contribution in [0.5, 0.6) is 0 Å². The van der Waals surface area contributed by atoms with E-state index in [0.29, 0.717) is 6.54 Å². The molecule has 0 aromatic rings. The third-order valence-corrected chi connectivity index (χ3v) is 2.49. The summed E-state index contributed by atoms with van der Waals surface area (Å²) >= 11 is 0. The van der Waals surface area contributed by atoms with Gasteiger partial charge in [0.05, 0.1) is 0 Å². The highest BCUT2D eigenvalue weighted by atomic mass is 16.6. The first-order valence-electron chi connectivity index (χ1n) is 6.16. The van der Waals surface area contributed by atoms with Crippen LogP contribution in [0, 0.1) is 0 Å². The van der Waals surface area contributed by atoms with Gasteiger partial charge in [0.2, 0.25) is 11.8 Å². The number of imide groups is 1. The van der Waals surface area contributed by atoms with E-state index in [4.69, 9.17) is 4.74 Å². The molecule has 0 aromatic heterocycles. The van der Waals surface area contributed by atoms with Gasteiger partial charge >= 0.3 is 6.09 Å². The number of piperazine rings is 1. The molecule has 0 atom stereocenters. The molecule has 0 unspecified atom stereocenters. The molecule has 1 aliphatic heterocycles. The Balaban J connectivity index is 2.59. The molecule has 0 N–H and O–H groups in total. The Morgan fingerprint density at radius 3 is 2.47 bits per heavy atom. The Labute approximate surface area is 113 Å². The zero-order chi connectivity index (χ0) is 14.6. The van der Waals surface area contributed by atoms with Gasteiger partial charge in [-0.2, -0.15) is 0 Å². The van der Waals surface area contributed by atoms with E-state index in [9.17, 15) is 14.4 Å². The van der Waals surface area contributed by atoms with Crippen molar-refractivity contribution in [2.75, 3.05) is 19.6 Å². The maximum atomic E-state index is 11.8. The van der Waals surface area contributed by atoms with Crippen LogP contribution in [-0.4, -0.2) is 52.9 Å². The number of rotatable bonds is 2. The highest BCUT2D eigenvalue weighted by molar-refractivity contribution is 5.98. The highest BCUT2D eigenvalue weighted by Crippen LogP contribution is 2.12. The summed E-state index contributed by atoms with van der Waals surface area (Å²) in [5, 5.41) is 0. The molecule has 3 amide bonds. The van der Waals surface area contributed by atoms with Gasteiger partial charge in [0, 0.05) is 19.5 Å². The Morgan fingerprint density at radius 1 is 1.37 bits per heavy atom. The van der Waals surface area contributed by atoms with Gasteiger partial charge < -0.3 is 4.74 Å². The molecule has 0 aliphatic carbocycles. The summed E-state index contributed by atoms with van der Waals surface area (Å²) in [6.07, 6.45) is 1.05. The lowest BCUT2D eigenvalue weighted by molar-refractivity contribution is -0.148.